The molecule has 0 fully saturated rings. The second-order valence-corrected chi connectivity index (χ2v) is 4.45. The van der Waals surface area contributed by atoms with Gasteiger partial charge >= 0.3 is 0 Å². The molecular formula is C13H9NO2S. The summed E-state index contributed by atoms with van der Waals surface area (Å²) in [6, 6.07) is 11.0. The molecule has 2 aromatic carbocycles. The number of ether oxygens (including phenoxy) is 1. The van der Waals surface area contributed by atoms with Crippen molar-refractivity contribution in [1.82, 2.24) is 4.98 Å². The predicted molar refractivity (Wildman–Crippen MR) is 67.8 cm³/mol. The van der Waals surface area contributed by atoms with Crippen LogP contribution in [0, 0.1) is 0 Å². The van der Waals surface area contributed by atoms with Gasteiger partial charge in [0.1, 0.15) is 11.5 Å². The number of aromatic nitrogens is 1. The highest BCUT2D eigenvalue weighted by atomic mass is 32.1. The van der Waals surface area contributed by atoms with Gasteiger partial charge in [0.25, 0.3) is 5.19 Å². The van der Waals surface area contributed by atoms with Crippen LogP contribution in [0.4, 0.5) is 0 Å². The number of rotatable bonds is 2. The van der Waals surface area contributed by atoms with E-state index in [1.165, 1.54) is 11.3 Å². The highest BCUT2D eigenvalue weighted by Crippen LogP contribution is 2.28. The Balaban J connectivity index is 2.01. The molecule has 1 N–H and O–H groups in total. The van der Waals surface area contributed by atoms with E-state index in [0.717, 1.165) is 16.5 Å². The molecule has 3 nitrogen and oxygen atoms in total. The predicted octanol–water partition coefficient (Wildman–Crippen LogP) is 3.79. The fourth-order valence-corrected chi connectivity index (χ4v) is 2.14. The molecule has 0 aliphatic heterocycles. The van der Waals surface area contributed by atoms with Crippen molar-refractivity contribution in [3.63, 3.8) is 0 Å². The van der Waals surface area contributed by atoms with Crippen molar-refractivity contribution in [3.05, 3.63) is 48.0 Å². The standard InChI is InChI=1S/C13H9NO2S/c15-11-3-1-9-2-4-12(8-10(9)7-11)16-13-14-5-6-17-13/h1-8,15H. The van der Waals surface area contributed by atoms with E-state index >= 15 is 0 Å². The fourth-order valence-electron chi connectivity index (χ4n) is 1.64. The Hall–Kier alpha value is -2.07. The second-order valence-electron chi connectivity index (χ2n) is 3.59. The number of thiazole rings is 1. The minimum Gasteiger partial charge on any atom is -0.508 e. The van der Waals surface area contributed by atoms with Crippen LogP contribution in [0.2, 0.25) is 0 Å². The maximum absolute atomic E-state index is 9.43. The third kappa shape index (κ3) is 2.07. The Labute approximate surface area is 102 Å². The fraction of sp³-hybridized carbons (Fsp3) is 0. The molecule has 0 bridgehead atoms. The molecule has 0 amide bonds. The molecule has 3 rings (SSSR count). The second kappa shape index (κ2) is 4.07. The Morgan fingerprint density at radius 2 is 1.94 bits per heavy atom. The van der Waals surface area contributed by atoms with Gasteiger partial charge in [-0.25, -0.2) is 4.98 Å². The molecule has 0 spiro atoms. The Kier molecular flexibility index (Phi) is 2.42. The van der Waals surface area contributed by atoms with E-state index in [-0.39, 0.29) is 5.75 Å². The Morgan fingerprint density at radius 3 is 2.76 bits per heavy atom. The van der Waals surface area contributed by atoms with Crippen molar-refractivity contribution >= 4 is 22.1 Å². The van der Waals surface area contributed by atoms with Gasteiger partial charge in [0, 0.05) is 11.6 Å². The molecule has 0 unspecified atom stereocenters. The monoisotopic (exact) mass is 243 g/mol. The van der Waals surface area contributed by atoms with E-state index < -0.39 is 0 Å². The lowest BCUT2D eigenvalue weighted by atomic mass is 10.1. The zero-order valence-electron chi connectivity index (χ0n) is 8.83. The van der Waals surface area contributed by atoms with Crippen molar-refractivity contribution in [2.24, 2.45) is 0 Å². The smallest absolute Gasteiger partial charge is 0.278 e. The molecule has 3 aromatic rings. The number of phenols is 1. The number of benzene rings is 2. The van der Waals surface area contributed by atoms with E-state index in [9.17, 15) is 5.11 Å². The lowest BCUT2D eigenvalue weighted by Gasteiger charge is -2.04. The number of aromatic hydroxyl groups is 1. The zero-order valence-corrected chi connectivity index (χ0v) is 9.65. The normalized spacial score (nSPS) is 10.6. The van der Waals surface area contributed by atoms with Gasteiger partial charge in [-0.05, 0) is 35.0 Å². The Morgan fingerprint density at radius 1 is 1.06 bits per heavy atom. The van der Waals surface area contributed by atoms with Crippen LogP contribution in [0.15, 0.2) is 48.0 Å². The van der Waals surface area contributed by atoms with Crippen molar-refractivity contribution < 1.29 is 9.84 Å². The molecule has 0 radical (unpaired) electrons. The average Bonchev–Trinajstić information content (AvgIpc) is 2.81. The third-order valence-electron chi connectivity index (χ3n) is 2.41. The molecule has 84 valence electrons. The van der Waals surface area contributed by atoms with E-state index in [2.05, 4.69) is 4.98 Å². The van der Waals surface area contributed by atoms with Crippen LogP contribution >= 0.6 is 11.3 Å². The van der Waals surface area contributed by atoms with E-state index in [0.29, 0.717) is 5.19 Å². The van der Waals surface area contributed by atoms with E-state index in [1.807, 2.05) is 29.6 Å². The molecule has 0 saturated heterocycles. The van der Waals surface area contributed by atoms with Gasteiger partial charge in [0.2, 0.25) is 0 Å². The summed E-state index contributed by atoms with van der Waals surface area (Å²) in [5, 5.41) is 13.9. The average molecular weight is 243 g/mol. The lowest BCUT2D eigenvalue weighted by Crippen LogP contribution is -1.82. The first-order valence-corrected chi connectivity index (χ1v) is 5.99. The molecule has 0 saturated carbocycles. The van der Waals surface area contributed by atoms with Crippen molar-refractivity contribution in [2.75, 3.05) is 0 Å². The van der Waals surface area contributed by atoms with Crippen LogP contribution in [-0.4, -0.2) is 10.1 Å². The van der Waals surface area contributed by atoms with Crippen LogP contribution < -0.4 is 4.74 Å². The number of hydrogen-bond donors (Lipinski definition) is 1. The highest BCUT2D eigenvalue weighted by molar-refractivity contribution is 7.11. The summed E-state index contributed by atoms with van der Waals surface area (Å²) in [6.45, 7) is 0. The van der Waals surface area contributed by atoms with Gasteiger partial charge in [0.05, 0.1) is 0 Å². The van der Waals surface area contributed by atoms with Gasteiger partial charge in [-0.2, -0.15) is 0 Å². The van der Waals surface area contributed by atoms with Crippen LogP contribution in [-0.2, 0) is 0 Å². The summed E-state index contributed by atoms with van der Waals surface area (Å²) in [4.78, 5) is 4.06. The first-order chi connectivity index (χ1) is 8.31. The molecular weight excluding hydrogens is 234 g/mol. The van der Waals surface area contributed by atoms with E-state index in [1.54, 1.807) is 18.3 Å². The summed E-state index contributed by atoms with van der Waals surface area (Å²) in [6.07, 6.45) is 1.70. The molecule has 1 aromatic heterocycles. The van der Waals surface area contributed by atoms with Crippen LogP contribution in [0.3, 0.4) is 0 Å². The summed E-state index contributed by atoms with van der Waals surface area (Å²) in [7, 11) is 0. The van der Waals surface area contributed by atoms with Crippen molar-refractivity contribution in [3.8, 4) is 16.7 Å². The quantitative estimate of drug-likeness (QED) is 0.744. The summed E-state index contributed by atoms with van der Waals surface area (Å²) < 4.78 is 5.59. The van der Waals surface area contributed by atoms with Gasteiger partial charge in [-0.3, -0.25) is 0 Å². The number of hydrogen-bond acceptors (Lipinski definition) is 4. The van der Waals surface area contributed by atoms with Crippen molar-refractivity contribution in [1.29, 1.82) is 0 Å². The number of fused-ring (bicyclic) bond motifs is 1. The third-order valence-corrected chi connectivity index (χ3v) is 3.06. The highest BCUT2D eigenvalue weighted by Gasteiger charge is 2.01. The summed E-state index contributed by atoms with van der Waals surface area (Å²) >= 11 is 1.44. The first kappa shape index (κ1) is 10.1. The lowest BCUT2D eigenvalue weighted by molar-refractivity contribution is 0.475. The van der Waals surface area contributed by atoms with Gasteiger partial charge in [0.15, 0.2) is 0 Å². The summed E-state index contributed by atoms with van der Waals surface area (Å²) in [5.41, 5.74) is 0. The number of nitrogens with zero attached hydrogens (tertiary/aromatic N) is 1. The first-order valence-electron chi connectivity index (χ1n) is 5.11. The zero-order chi connectivity index (χ0) is 11.7. The molecule has 0 atom stereocenters. The molecule has 1 heterocycles. The largest absolute Gasteiger partial charge is 0.508 e. The van der Waals surface area contributed by atoms with Gasteiger partial charge in [-0.15, -0.1) is 0 Å². The maximum Gasteiger partial charge on any atom is 0.278 e. The molecule has 0 aliphatic rings. The minimum absolute atomic E-state index is 0.254. The van der Waals surface area contributed by atoms with Crippen molar-refractivity contribution in [2.45, 2.75) is 0 Å². The summed E-state index contributed by atoms with van der Waals surface area (Å²) in [5.74, 6) is 0.974. The topological polar surface area (TPSA) is 42.4 Å². The Bertz CT molecular complexity index is 650. The number of phenolic OH excluding ortho intramolecular Hbond substituents is 1. The molecule has 17 heavy (non-hydrogen) atoms. The molecule has 0 aliphatic carbocycles. The van der Waals surface area contributed by atoms with Gasteiger partial charge < -0.3 is 9.84 Å². The maximum atomic E-state index is 9.43. The minimum atomic E-state index is 0.254. The van der Waals surface area contributed by atoms with Crippen LogP contribution in [0.25, 0.3) is 10.8 Å². The van der Waals surface area contributed by atoms with Gasteiger partial charge in [-0.1, -0.05) is 23.5 Å². The van der Waals surface area contributed by atoms with Crippen LogP contribution in [0.1, 0.15) is 0 Å². The SMILES string of the molecule is Oc1ccc2ccc(Oc3nccs3)cc2c1. The van der Waals surface area contributed by atoms with Crippen LogP contribution in [0.5, 0.6) is 16.7 Å². The van der Waals surface area contributed by atoms with E-state index in [4.69, 9.17) is 4.74 Å². The molecule has 4 heteroatoms.